The van der Waals surface area contributed by atoms with Crippen molar-refractivity contribution < 1.29 is 4.39 Å². The Morgan fingerprint density at radius 2 is 1.97 bits per heavy atom. The predicted octanol–water partition coefficient (Wildman–Crippen LogP) is 3.69. The molecular weight excluding hydrogens is 417 g/mol. The van der Waals surface area contributed by atoms with Gasteiger partial charge in [-0.25, -0.2) is 14.4 Å². The third kappa shape index (κ3) is 2.71. The summed E-state index contributed by atoms with van der Waals surface area (Å²) in [5.74, 6) is 1.01. The summed E-state index contributed by atoms with van der Waals surface area (Å²) in [4.78, 5) is 11.5. The van der Waals surface area contributed by atoms with Crippen molar-refractivity contribution in [1.82, 2.24) is 24.1 Å². The van der Waals surface area contributed by atoms with Crippen LogP contribution in [-0.4, -0.2) is 37.2 Å². The van der Waals surface area contributed by atoms with Crippen LogP contribution in [-0.2, 0) is 6.54 Å². The molecule has 1 fully saturated rings. The molecule has 5 heterocycles. The number of nitrogens with two attached hydrogens (primary N) is 1. The average molecular weight is 438 g/mol. The van der Waals surface area contributed by atoms with Gasteiger partial charge in [-0.05, 0) is 31.0 Å². The second-order valence-corrected chi connectivity index (χ2v) is 8.81. The van der Waals surface area contributed by atoms with Gasteiger partial charge in [-0.1, -0.05) is 17.7 Å². The van der Waals surface area contributed by atoms with Gasteiger partial charge in [-0.3, -0.25) is 9.08 Å². The highest BCUT2D eigenvalue weighted by Crippen LogP contribution is 2.48. The number of nitrogens with zero attached hydrogens (tertiary/aromatic N) is 6. The summed E-state index contributed by atoms with van der Waals surface area (Å²) in [6.07, 6.45) is 9.12. The predicted molar refractivity (Wildman–Crippen MR) is 116 cm³/mol. The topological polar surface area (TPSA) is 77.3 Å². The van der Waals surface area contributed by atoms with E-state index >= 15 is 0 Å². The van der Waals surface area contributed by atoms with Crippen molar-refractivity contribution >= 4 is 22.9 Å². The van der Waals surface area contributed by atoms with Crippen LogP contribution in [0.2, 0.25) is 5.02 Å². The van der Waals surface area contributed by atoms with Gasteiger partial charge in [0.1, 0.15) is 17.2 Å². The van der Waals surface area contributed by atoms with Crippen molar-refractivity contribution in [2.45, 2.75) is 25.4 Å². The summed E-state index contributed by atoms with van der Waals surface area (Å²) >= 11 is 6.21. The van der Waals surface area contributed by atoms with Crippen LogP contribution >= 0.6 is 11.6 Å². The van der Waals surface area contributed by atoms with Gasteiger partial charge in [0.15, 0.2) is 5.82 Å². The largest absolute Gasteiger partial charge is 0.355 e. The van der Waals surface area contributed by atoms with E-state index in [0.717, 1.165) is 49.5 Å². The van der Waals surface area contributed by atoms with Gasteiger partial charge < -0.3 is 10.6 Å². The first-order valence-electron chi connectivity index (χ1n) is 10.4. The van der Waals surface area contributed by atoms with E-state index < -0.39 is 5.82 Å². The van der Waals surface area contributed by atoms with E-state index in [4.69, 9.17) is 17.3 Å². The molecule has 0 amide bonds. The molecule has 0 radical (unpaired) electrons. The molecule has 2 aliphatic heterocycles. The first-order chi connectivity index (χ1) is 15.1. The van der Waals surface area contributed by atoms with Crippen LogP contribution in [0.4, 0.5) is 10.2 Å². The quantitative estimate of drug-likeness (QED) is 0.517. The molecule has 2 aliphatic rings. The lowest BCUT2D eigenvalue weighted by Crippen LogP contribution is -2.45. The number of hydrogen-bond acceptors (Lipinski definition) is 5. The summed E-state index contributed by atoms with van der Waals surface area (Å²) in [7, 11) is 0. The van der Waals surface area contributed by atoms with Crippen LogP contribution in [0.3, 0.4) is 0 Å². The van der Waals surface area contributed by atoms with Crippen LogP contribution in [0.5, 0.6) is 0 Å². The molecule has 6 rings (SSSR count). The van der Waals surface area contributed by atoms with Crippen molar-refractivity contribution in [2.75, 3.05) is 18.0 Å². The molecule has 1 saturated heterocycles. The summed E-state index contributed by atoms with van der Waals surface area (Å²) in [5.41, 5.74) is 9.22. The van der Waals surface area contributed by atoms with Crippen LogP contribution in [0.25, 0.3) is 16.9 Å². The lowest BCUT2D eigenvalue weighted by atomic mass is 9.73. The zero-order chi connectivity index (χ0) is 21.2. The Labute approximate surface area is 183 Å². The third-order valence-corrected chi connectivity index (χ3v) is 7.27. The number of piperidine rings is 1. The monoisotopic (exact) mass is 437 g/mol. The van der Waals surface area contributed by atoms with E-state index in [2.05, 4.69) is 20.0 Å². The molecule has 3 aromatic heterocycles. The summed E-state index contributed by atoms with van der Waals surface area (Å²) in [6.45, 7) is 2.58. The first-order valence-corrected chi connectivity index (χ1v) is 10.7. The molecular formula is C22H21ClFN7. The lowest BCUT2D eigenvalue weighted by Gasteiger charge is -2.41. The number of hydrogen-bond donors (Lipinski definition) is 1. The fraction of sp³-hybridized carbons (Fsp3) is 0.318. The standard InChI is InChI=1S/C22H21ClFN7/c23-18-14(2-1-3-15(18)24)20-27-12-17-21(26-8-11-30(17)20)29-9-5-22(6-10-29)13-31-16(19(22)25)4-7-28-31/h1-4,7-8,11-12,19H,5-6,9-10,13,25H2/t19-/m1/s1. The maximum atomic E-state index is 14.0. The number of fused-ring (bicyclic) bond motifs is 2. The molecule has 0 unspecified atom stereocenters. The van der Waals surface area contributed by atoms with E-state index in [1.165, 1.54) is 6.07 Å². The Kier molecular flexibility index (Phi) is 4.10. The molecule has 7 nitrogen and oxygen atoms in total. The van der Waals surface area contributed by atoms with Crippen molar-refractivity contribution in [2.24, 2.45) is 11.1 Å². The number of halogens is 2. The Morgan fingerprint density at radius 1 is 1.13 bits per heavy atom. The van der Waals surface area contributed by atoms with E-state index in [1.807, 2.05) is 27.5 Å². The fourth-order valence-corrected chi connectivity index (χ4v) is 5.33. The van der Waals surface area contributed by atoms with E-state index in [-0.39, 0.29) is 16.5 Å². The molecule has 1 spiro atoms. The van der Waals surface area contributed by atoms with Crippen molar-refractivity contribution in [1.29, 1.82) is 0 Å². The number of aromatic nitrogens is 5. The Bertz CT molecular complexity index is 1290. The molecule has 31 heavy (non-hydrogen) atoms. The van der Waals surface area contributed by atoms with Gasteiger partial charge in [0.25, 0.3) is 0 Å². The van der Waals surface area contributed by atoms with Crippen LogP contribution < -0.4 is 10.6 Å². The third-order valence-electron chi connectivity index (χ3n) is 6.88. The smallest absolute Gasteiger partial charge is 0.154 e. The number of anilines is 1. The fourth-order valence-electron chi connectivity index (χ4n) is 5.12. The van der Waals surface area contributed by atoms with Gasteiger partial charge >= 0.3 is 0 Å². The van der Waals surface area contributed by atoms with Gasteiger partial charge in [0.05, 0.1) is 23.0 Å². The Balaban J connectivity index is 1.31. The summed E-state index contributed by atoms with van der Waals surface area (Å²) in [6, 6.07) is 6.80. The Hall–Kier alpha value is -2.97. The minimum Gasteiger partial charge on any atom is -0.355 e. The van der Waals surface area contributed by atoms with E-state index in [9.17, 15) is 4.39 Å². The van der Waals surface area contributed by atoms with E-state index in [1.54, 1.807) is 24.5 Å². The average Bonchev–Trinajstić information content (AvgIpc) is 3.47. The Morgan fingerprint density at radius 3 is 2.77 bits per heavy atom. The maximum absolute atomic E-state index is 14.0. The highest BCUT2D eigenvalue weighted by atomic mass is 35.5. The molecule has 0 aliphatic carbocycles. The normalized spacial score (nSPS) is 20.0. The minimum atomic E-state index is -0.459. The summed E-state index contributed by atoms with van der Waals surface area (Å²) in [5, 5.41) is 4.49. The van der Waals surface area contributed by atoms with E-state index in [0.29, 0.717) is 11.4 Å². The summed E-state index contributed by atoms with van der Waals surface area (Å²) < 4.78 is 18.0. The zero-order valence-electron chi connectivity index (χ0n) is 16.7. The van der Waals surface area contributed by atoms with Crippen LogP contribution in [0.15, 0.2) is 49.1 Å². The van der Waals surface area contributed by atoms with Crippen molar-refractivity contribution in [3.05, 3.63) is 65.6 Å². The van der Waals surface area contributed by atoms with Gasteiger partial charge in [0, 0.05) is 49.2 Å². The van der Waals surface area contributed by atoms with Crippen molar-refractivity contribution in [3.63, 3.8) is 0 Å². The maximum Gasteiger partial charge on any atom is 0.154 e. The molecule has 0 saturated carbocycles. The van der Waals surface area contributed by atoms with Crippen LogP contribution in [0.1, 0.15) is 24.6 Å². The highest BCUT2D eigenvalue weighted by molar-refractivity contribution is 6.33. The van der Waals surface area contributed by atoms with Crippen LogP contribution in [0, 0.1) is 11.2 Å². The minimum absolute atomic E-state index is 0.0117. The van der Waals surface area contributed by atoms with Crippen molar-refractivity contribution in [3.8, 4) is 11.4 Å². The first kappa shape index (κ1) is 18.8. The van der Waals surface area contributed by atoms with Gasteiger partial charge in [-0.2, -0.15) is 5.10 Å². The highest BCUT2D eigenvalue weighted by Gasteiger charge is 2.47. The van der Waals surface area contributed by atoms with Gasteiger partial charge in [-0.15, -0.1) is 0 Å². The molecule has 4 aromatic rings. The second kappa shape index (κ2) is 6.77. The molecule has 0 bridgehead atoms. The molecule has 1 aromatic carbocycles. The number of imidazole rings is 1. The lowest BCUT2D eigenvalue weighted by molar-refractivity contribution is 0.170. The molecule has 158 valence electrons. The molecule has 1 atom stereocenters. The SMILES string of the molecule is N[C@@H]1c2ccnn2CC12CCN(c1nccn3c(-c4cccc(F)c4Cl)ncc13)CC2. The number of rotatable bonds is 2. The molecule has 2 N–H and O–H groups in total. The number of benzene rings is 1. The second-order valence-electron chi connectivity index (χ2n) is 8.43. The zero-order valence-corrected chi connectivity index (χ0v) is 17.5. The van der Waals surface area contributed by atoms with Gasteiger partial charge in [0.2, 0.25) is 0 Å². The molecule has 9 heteroatoms.